The van der Waals surface area contributed by atoms with Crippen molar-refractivity contribution in [3.8, 4) is 16.8 Å². The van der Waals surface area contributed by atoms with Gasteiger partial charge in [-0.25, -0.2) is 0 Å². The number of rotatable bonds is 12. The molecule has 300 valence electrons. The number of thioether (sulfide) groups is 1. The average Bonchev–Trinajstić information content (AvgIpc) is 3.70. The van der Waals surface area contributed by atoms with Crippen LogP contribution in [0.4, 0.5) is 0 Å². The highest BCUT2D eigenvalue weighted by atomic mass is 35.5. The summed E-state index contributed by atoms with van der Waals surface area (Å²) in [6.07, 6.45) is 5.08. The summed E-state index contributed by atoms with van der Waals surface area (Å²) in [5, 5.41) is 16.4. The number of carbonyl (C=O) groups excluding carboxylic acids is 2. The Balaban J connectivity index is 0.892. The van der Waals surface area contributed by atoms with Crippen LogP contribution in [0, 0.1) is 38.5 Å². The molecule has 2 amide bonds. The summed E-state index contributed by atoms with van der Waals surface area (Å²) in [4.78, 5) is 36.3. The molecule has 2 atom stereocenters. The minimum Gasteiger partial charge on any atom is -0.381 e. The Kier molecular flexibility index (Phi) is 13.8. The molecule has 2 saturated heterocycles. The van der Waals surface area contributed by atoms with Crippen LogP contribution in [0.5, 0.6) is 0 Å². The topological polar surface area (TPSA) is 140 Å². The Morgan fingerprint density at radius 3 is 2.46 bits per heavy atom. The first-order valence-corrected chi connectivity index (χ1v) is 22.0. The predicted octanol–water partition coefficient (Wildman–Crippen LogP) is 6.44. The number of ether oxygens (including phenoxy) is 1. The van der Waals surface area contributed by atoms with E-state index in [0.29, 0.717) is 28.4 Å². The van der Waals surface area contributed by atoms with E-state index >= 15 is 0 Å². The fourth-order valence-corrected chi connectivity index (χ4v) is 9.80. The first-order valence-electron chi connectivity index (χ1n) is 19.9. The molecular formula is C43H51ClN8O3S2. The van der Waals surface area contributed by atoms with Crippen LogP contribution >= 0.6 is 34.7 Å². The Bertz CT molecular complexity index is 2130. The number of piperidine rings is 1. The number of halogens is 1. The van der Waals surface area contributed by atoms with Gasteiger partial charge in [-0.05, 0) is 94.3 Å². The molecule has 0 aliphatic carbocycles. The van der Waals surface area contributed by atoms with E-state index in [1.54, 1.807) is 23.1 Å². The van der Waals surface area contributed by atoms with Gasteiger partial charge in [-0.1, -0.05) is 29.7 Å². The van der Waals surface area contributed by atoms with E-state index in [9.17, 15) is 9.59 Å². The van der Waals surface area contributed by atoms with Crippen LogP contribution in [0.3, 0.4) is 0 Å². The number of aryl methyl sites for hydroxylation is 2. The lowest BCUT2D eigenvalue weighted by Crippen LogP contribution is -2.48. The second-order valence-electron chi connectivity index (χ2n) is 14.9. The molecule has 57 heavy (non-hydrogen) atoms. The van der Waals surface area contributed by atoms with E-state index in [0.717, 1.165) is 102 Å². The van der Waals surface area contributed by atoms with E-state index < -0.39 is 6.04 Å². The summed E-state index contributed by atoms with van der Waals surface area (Å²) >= 11 is 9.65. The van der Waals surface area contributed by atoms with Gasteiger partial charge in [0.1, 0.15) is 16.9 Å². The number of thiophene rings is 1. The van der Waals surface area contributed by atoms with Crippen LogP contribution in [-0.4, -0.2) is 94.4 Å². The zero-order valence-corrected chi connectivity index (χ0v) is 35.2. The van der Waals surface area contributed by atoms with Crippen molar-refractivity contribution < 1.29 is 14.3 Å². The van der Waals surface area contributed by atoms with E-state index in [-0.39, 0.29) is 37.4 Å². The van der Waals surface area contributed by atoms with Crippen LogP contribution in [0.25, 0.3) is 5.00 Å². The molecule has 1 unspecified atom stereocenters. The van der Waals surface area contributed by atoms with Gasteiger partial charge in [0.15, 0.2) is 5.82 Å². The van der Waals surface area contributed by atoms with Gasteiger partial charge >= 0.3 is 0 Å². The van der Waals surface area contributed by atoms with Gasteiger partial charge in [0.05, 0.1) is 18.2 Å². The van der Waals surface area contributed by atoms with Gasteiger partial charge in [-0.3, -0.25) is 24.0 Å². The zero-order valence-electron chi connectivity index (χ0n) is 32.9. The standard InChI is InChI=1S/C43H51ClN8O3S2/c1-27-28(2)57-43-39(27)40(31-7-11-33(44)12-8-31)48-36(41-50-49-29(3)52(41)43)26-38(53)46-19-20-47-42(54)32-9-13-35(14-10-32)56-25-5-4-6-37(30-17-23-55-24-18-30)51-21-15-34(45)16-22-51/h7-14,30,34,36-37H,5,15-26,45H2,1-3H3,(H,46,53)(H,47,54)/t36-,37?/m0/s1. The molecular weight excluding hydrogens is 776 g/mol. The largest absolute Gasteiger partial charge is 0.381 e. The van der Waals surface area contributed by atoms with Gasteiger partial charge in [-0.2, -0.15) is 0 Å². The molecule has 14 heteroatoms. The molecule has 0 saturated carbocycles. The monoisotopic (exact) mass is 826 g/mol. The highest BCUT2D eigenvalue weighted by molar-refractivity contribution is 7.99. The molecule has 11 nitrogen and oxygen atoms in total. The molecule has 2 aromatic heterocycles. The summed E-state index contributed by atoms with van der Waals surface area (Å²) in [6.45, 7) is 10.4. The maximum Gasteiger partial charge on any atom is 0.251 e. The summed E-state index contributed by atoms with van der Waals surface area (Å²) in [6, 6.07) is 15.3. The molecule has 4 N–H and O–H groups in total. The lowest BCUT2D eigenvalue weighted by atomic mass is 9.89. The minimum atomic E-state index is -0.567. The number of amides is 2. The molecule has 5 heterocycles. The van der Waals surface area contributed by atoms with Crippen LogP contribution in [-0.2, 0) is 9.53 Å². The predicted molar refractivity (Wildman–Crippen MR) is 229 cm³/mol. The number of nitrogens with two attached hydrogens (primary N) is 1. The number of hydrogen-bond acceptors (Lipinski definition) is 10. The summed E-state index contributed by atoms with van der Waals surface area (Å²) in [7, 11) is 0. The third kappa shape index (κ3) is 9.99. The van der Waals surface area contributed by atoms with Crippen LogP contribution < -0.4 is 16.4 Å². The molecule has 7 rings (SSSR count). The van der Waals surface area contributed by atoms with Crippen molar-refractivity contribution >= 4 is 52.2 Å². The number of carbonyl (C=O) groups is 2. The van der Waals surface area contributed by atoms with E-state index in [4.69, 9.17) is 27.1 Å². The van der Waals surface area contributed by atoms with Gasteiger partial charge in [0.2, 0.25) is 5.91 Å². The maximum absolute atomic E-state index is 13.3. The highest BCUT2D eigenvalue weighted by Gasteiger charge is 2.33. The number of aliphatic imine (C=N–C) groups is 1. The Hall–Kier alpha value is -4.03. The van der Waals surface area contributed by atoms with Gasteiger partial charge < -0.3 is 21.1 Å². The number of hydrogen-bond donors (Lipinski definition) is 3. The van der Waals surface area contributed by atoms with E-state index in [1.807, 2.05) is 60.0 Å². The van der Waals surface area contributed by atoms with Crippen molar-refractivity contribution in [2.75, 3.05) is 45.1 Å². The van der Waals surface area contributed by atoms with Crippen LogP contribution in [0.15, 0.2) is 58.4 Å². The Morgan fingerprint density at radius 1 is 1.00 bits per heavy atom. The van der Waals surface area contributed by atoms with Gasteiger partial charge in [0.25, 0.3) is 5.91 Å². The lowest BCUT2D eigenvalue weighted by Gasteiger charge is -2.39. The number of fused-ring (bicyclic) bond motifs is 3. The van der Waals surface area contributed by atoms with Crippen molar-refractivity contribution in [1.29, 1.82) is 0 Å². The van der Waals surface area contributed by atoms with Crippen molar-refractivity contribution in [2.45, 2.75) is 82.3 Å². The molecule has 3 aliphatic heterocycles. The fourth-order valence-electron chi connectivity index (χ4n) is 7.70. The molecule has 2 aromatic carbocycles. The third-order valence-electron chi connectivity index (χ3n) is 11.0. The number of benzene rings is 2. The quantitative estimate of drug-likeness (QED) is 0.0843. The third-order valence-corrected chi connectivity index (χ3v) is 13.5. The first kappa shape index (κ1) is 41.1. The molecule has 3 aliphatic rings. The smallest absolute Gasteiger partial charge is 0.251 e. The molecule has 0 spiro atoms. The number of aromatic nitrogens is 3. The normalized spacial score (nSPS) is 18.1. The summed E-state index contributed by atoms with van der Waals surface area (Å²) < 4.78 is 7.65. The van der Waals surface area contributed by atoms with E-state index in [1.165, 1.54) is 4.88 Å². The molecule has 2 fully saturated rings. The number of nitrogens with one attached hydrogen (secondary N) is 2. The Morgan fingerprint density at radius 2 is 1.72 bits per heavy atom. The average molecular weight is 828 g/mol. The Labute approximate surface area is 348 Å². The molecule has 0 radical (unpaired) electrons. The number of likely N-dealkylation sites (tertiary alicyclic amines) is 1. The zero-order chi connectivity index (χ0) is 39.9. The SMILES string of the molecule is Cc1sc2c(c1C)C(c1ccc(Cl)cc1)=N[C@@H](CC(=O)NCCNC(=O)c1ccc(SCCC#CC(C3CCOCC3)N3CCC(N)CC3)cc1)c1nnc(C)n1-2. The van der Waals surface area contributed by atoms with Crippen LogP contribution in [0.2, 0.25) is 5.02 Å². The van der Waals surface area contributed by atoms with Crippen LogP contribution in [0.1, 0.15) is 88.1 Å². The summed E-state index contributed by atoms with van der Waals surface area (Å²) in [5.41, 5.74) is 10.6. The fraction of sp³-hybridized carbons (Fsp3) is 0.465. The second-order valence-corrected chi connectivity index (χ2v) is 17.7. The van der Waals surface area contributed by atoms with Crippen molar-refractivity contribution in [1.82, 2.24) is 30.3 Å². The first-order chi connectivity index (χ1) is 27.7. The molecule has 0 bridgehead atoms. The van der Waals surface area contributed by atoms with Gasteiger partial charge in [0, 0.05) is 89.1 Å². The summed E-state index contributed by atoms with van der Waals surface area (Å²) in [5.74, 6) is 9.51. The second kappa shape index (κ2) is 19.1. The van der Waals surface area contributed by atoms with Gasteiger partial charge in [-0.15, -0.1) is 39.2 Å². The van der Waals surface area contributed by atoms with Crippen molar-refractivity contribution in [2.24, 2.45) is 16.6 Å². The lowest BCUT2D eigenvalue weighted by molar-refractivity contribution is -0.121. The van der Waals surface area contributed by atoms with Crippen molar-refractivity contribution in [3.05, 3.63) is 92.3 Å². The van der Waals surface area contributed by atoms with E-state index in [2.05, 4.69) is 51.4 Å². The number of nitrogens with zero attached hydrogens (tertiary/aromatic N) is 5. The maximum atomic E-state index is 13.3. The minimum absolute atomic E-state index is 0.0744. The van der Waals surface area contributed by atoms with Crippen molar-refractivity contribution in [3.63, 3.8) is 0 Å². The highest BCUT2D eigenvalue weighted by Crippen LogP contribution is 2.39. The molecule has 4 aromatic rings.